The van der Waals surface area contributed by atoms with Gasteiger partial charge in [-0.1, -0.05) is 0 Å². The van der Waals surface area contributed by atoms with E-state index in [-0.39, 0.29) is 17.6 Å². The molecule has 18 heavy (non-hydrogen) atoms. The fourth-order valence-electron chi connectivity index (χ4n) is 1.56. The number of rotatable bonds is 4. The molecule has 1 N–H and O–H groups in total. The predicted octanol–water partition coefficient (Wildman–Crippen LogP) is 1.45. The average molecular weight is 268 g/mol. The zero-order valence-corrected chi connectivity index (χ0v) is 10.5. The Kier molecular flexibility index (Phi) is 3.83. The van der Waals surface area contributed by atoms with Gasteiger partial charge in [0.1, 0.15) is 0 Å². The van der Waals surface area contributed by atoms with E-state index in [1.165, 1.54) is 17.8 Å². The van der Waals surface area contributed by atoms with E-state index in [2.05, 4.69) is 5.32 Å². The minimum Gasteiger partial charge on any atom is -0.377 e. The van der Waals surface area contributed by atoms with E-state index in [1.54, 1.807) is 18.4 Å². The van der Waals surface area contributed by atoms with Crippen LogP contribution in [-0.2, 0) is 4.74 Å². The Morgan fingerprint density at radius 1 is 1.56 bits per heavy atom. The van der Waals surface area contributed by atoms with Crippen LogP contribution >= 0.6 is 11.8 Å². The number of carbonyl (C=O) groups excluding carboxylic acids is 1. The zero-order chi connectivity index (χ0) is 13.1. The number of amides is 1. The van der Waals surface area contributed by atoms with E-state index in [4.69, 9.17) is 4.74 Å². The lowest BCUT2D eigenvalue weighted by molar-refractivity contribution is -0.387. The maximum atomic E-state index is 11.8. The molecule has 0 aromatic heterocycles. The van der Waals surface area contributed by atoms with E-state index in [0.29, 0.717) is 23.7 Å². The van der Waals surface area contributed by atoms with Crippen molar-refractivity contribution < 1.29 is 14.5 Å². The second-order valence-electron chi connectivity index (χ2n) is 3.85. The summed E-state index contributed by atoms with van der Waals surface area (Å²) in [5.41, 5.74) is 0.256. The van der Waals surface area contributed by atoms with Crippen molar-refractivity contribution in [2.24, 2.45) is 0 Å². The summed E-state index contributed by atoms with van der Waals surface area (Å²) >= 11 is 1.28. The van der Waals surface area contributed by atoms with Gasteiger partial charge in [0.15, 0.2) is 0 Å². The molecule has 0 aliphatic carbocycles. The summed E-state index contributed by atoms with van der Waals surface area (Å²) < 4.78 is 4.94. The van der Waals surface area contributed by atoms with Crippen LogP contribution in [0.15, 0.2) is 23.1 Å². The van der Waals surface area contributed by atoms with Gasteiger partial charge in [-0.25, -0.2) is 0 Å². The lowest BCUT2D eigenvalue weighted by Gasteiger charge is -2.26. The lowest BCUT2D eigenvalue weighted by Crippen LogP contribution is -2.48. The SMILES string of the molecule is CSc1ccc(C(=O)NC2COC2)cc1[N+](=O)[O-]. The van der Waals surface area contributed by atoms with Gasteiger partial charge in [-0.2, -0.15) is 0 Å². The molecule has 7 heteroatoms. The summed E-state index contributed by atoms with van der Waals surface area (Å²) in [6.07, 6.45) is 1.76. The van der Waals surface area contributed by atoms with Crippen LogP contribution in [-0.4, -0.2) is 36.3 Å². The predicted molar refractivity (Wildman–Crippen MR) is 67.0 cm³/mol. The molecule has 6 nitrogen and oxygen atoms in total. The van der Waals surface area contributed by atoms with Gasteiger partial charge in [-0.3, -0.25) is 14.9 Å². The highest BCUT2D eigenvalue weighted by molar-refractivity contribution is 7.98. The number of carbonyl (C=O) groups is 1. The number of hydrogen-bond donors (Lipinski definition) is 1. The Balaban J connectivity index is 2.19. The number of nitro groups is 1. The molecule has 0 saturated carbocycles. The molecule has 2 rings (SSSR count). The monoisotopic (exact) mass is 268 g/mol. The number of nitrogens with zero attached hydrogens (tertiary/aromatic N) is 1. The first-order valence-electron chi connectivity index (χ1n) is 5.33. The summed E-state index contributed by atoms with van der Waals surface area (Å²) in [6, 6.07) is 4.50. The van der Waals surface area contributed by atoms with Gasteiger partial charge >= 0.3 is 0 Å². The molecule has 0 atom stereocenters. The maximum Gasteiger partial charge on any atom is 0.283 e. The van der Waals surface area contributed by atoms with Crippen molar-refractivity contribution in [2.45, 2.75) is 10.9 Å². The van der Waals surface area contributed by atoms with E-state index in [0.717, 1.165) is 0 Å². The number of thioether (sulfide) groups is 1. The Hall–Kier alpha value is -1.60. The number of benzene rings is 1. The molecular weight excluding hydrogens is 256 g/mol. The first-order chi connectivity index (χ1) is 8.61. The molecule has 0 radical (unpaired) electrons. The molecule has 0 bridgehead atoms. The second-order valence-corrected chi connectivity index (χ2v) is 4.70. The van der Waals surface area contributed by atoms with Gasteiger partial charge in [-0.15, -0.1) is 11.8 Å². The topological polar surface area (TPSA) is 81.5 Å². The van der Waals surface area contributed by atoms with Gasteiger partial charge in [0.2, 0.25) is 0 Å². The van der Waals surface area contributed by atoms with Crippen LogP contribution in [0.4, 0.5) is 5.69 Å². The molecule has 1 aromatic rings. The first-order valence-corrected chi connectivity index (χ1v) is 6.55. The summed E-state index contributed by atoms with van der Waals surface area (Å²) in [5, 5.41) is 13.6. The molecule has 0 spiro atoms. The van der Waals surface area contributed by atoms with Gasteiger partial charge in [0, 0.05) is 11.6 Å². The van der Waals surface area contributed by atoms with Crippen molar-refractivity contribution in [1.82, 2.24) is 5.32 Å². The fraction of sp³-hybridized carbons (Fsp3) is 0.364. The largest absolute Gasteiger partial charge is 0.377 e. The molecule has 1 aromatic carbocycles. The van der Waals surface area contributed by atoms with Gasteiger partial charge < -0.3 is 10.1 Å². The Morgan fingerprint density at radius 2 is 2.28 bits per heavy atom. The summed E-state index contributed by atoms with van der Waals surface area (Å²) in [6.45, 7) is 0.994. The zero-order valence-electron chi connectivity index (χ0n) is 9.71. The maximum absolute atomic E-state index is 11.8. The number of nitrogens with one attached hydrogen (secondary N) is 1. The van der Waals surface area contributed by atoms with Crippen LogP contribution in [0.1, 0.15) is 10.4 Å². The highest BCUT2D eigenvalue weighted by Crippen LogP contribution is 2.28. The molecular formula is C11H12N2O4S. The van der Waals surface area contributed by atoms with Crippen molar-refractivity contribution in [2.75, 3.05) is 19.5 Å². The Labute approximate surface area is 108 Å². The molecule has 1 saturated heterocycles. The van der Waals surface area contributed by atoms with E-state index >= 15 is 0 Å². The molecule has 96 valence electrons. The summed E-state index contributed by atoms with van der Waals surface area (Å²) in [5.74, 6) is -0.306. The molecule has 0 unspecified atom stereocenters. The van der Waals surface area contributed by atoms with Crippen molar-refractivity contribution in [3.8, 4) is 0 Å². The normalized spacial score (nSPS) is 14.9. The molecule has 1 heterocycles. The summed E-state index contributed by atoms with van der Waals surface area (Å²) in [4.78, 5) is 22.8. The second kappa shape index (κ2) is 5.36. The number of hydrogen-bond acceptors (Lipinski definition) is 5. The number of nitro benzene ring substituents is 1. The van der Waals surface area contributed by atoms with Crippen molar-refractivity contribution in [3.63, 3.8) is 0 Å². The standard InChI is InChI=1S/C11H12N2O4S/c1-18-10-3-2-7(4-9(10)13(15)16)11(14)12-8-5-17-6-8/h2-4,8H,5-6H2,1H3,(H,12,14). The van der Waals surface area contributed by atoms with Crippen LogP contribution in [0.3, 0.4) is 0 Å². The first kappa shape index (κ1) is 12.8. The Morgan fingerprint density at radius 3 is 2.78 bits per heavy atom. The van der Waals surface area contributed by atoms with Crippen molar-refractivity contribution >= 4 is 23.4 Å². The van der Waals surface area contributed by atoms with Gasteiger partial charge in [0.05, 0.1) is 29.1 Å². The molecule has 1 fully saturated rings. The van der Waals surface area contributed by atoms with Crippen LogP contribution in [0.25, 0.3) is 0 Å². The molecule has 1 amide bonds. The van der Waals surface area contributed by atoms with Crippen LogP contribution in [0, 0.1) is 10.1 Å². The highest BCUT2D eigenvalue weighted by atomic mass is 32.2. The van der Waals surface area contributed by atoms with E-state index in [9.17, 15) is 14.9 Å². The van der Waals surface area contributed by atoms with Crippen molar-refractivity contribution in [1.29, 1.82) is 0 Å². The number of ether oxygens (including phenoxy) is 1. The van der Waals surface area contributed by atoms with E-state index in [1.807, 2.05) is 0 Å². The van der Waals surface area contributed by atoms with Gasteiger partial charge in [-0.05, 0) is 18.4 Å². The fourth-order valence-corrected chi connectivity index (χ4v) is 2.11. The van der Waals surface area contributed by atoms with Gasteiger partial charge in [0.25, 0.3) is 11.6 Å². The third-order valence-corrected chi connectivity index (χ3v) is 3.40. The molecule has 1 aliphatic heterocycles. The van der Waals surface area contributed by atoms with Crippen LogP contribution in [0.2, 0.25) is 0 Å². The minimum atomic E-state index is -0.477. The van der Waals surface area contributed by atoms with Crippen LogP contribution < -0.4 is 5.32 Å². The highest BCUT2D eigenvalue weighted by Gasteiger charge is 2.22. The third kappa shape index (κ3) is 2.62. The summed E-state index contributed by atoms with van der Waals surface area (Å²) in [7, 11) is 0. The Bertz CT molecular complexity index is 488. The van der Waals surface area contributed by atoms with Crippen LogP contribution in [0.5, 0.6) is 0 Å². The third-order valence-electron chi connectivity index (χ3n) is 2.61. The minimum absolute atomic E-state index is 0.0109. The quantitative estimate of drug-likeness (QED) is 0.507. The van der Waals surface area contributed by atoms with Crippen molar-refractivity contribution in [3.05, 3.63) is 33.9 Å². The smallest absolute Gasteiger partial charge is 0.283 e. The van der Waals surface area contributed by atoms with E-state index < -0.39 is 4.92 Å². The average Bonchev–Trinajstić information content (AvgIpc) is 2.32. The molecule has 1 aliphatic rings. The lowest BCUT2D eigenvalue weighted by atomic mass is 10.1.